The van der Waals surface area contributed by atoms with Gasteiger partial charge in [0.15, 0.2) is 5.96 Å². The Bertz CT molecular complexity index is 601. The third-order valence-electron chi connectivity index (χ3n) is 3.89. The van der Waals surface area contributed by atoms with E-state index in [1.807, 2.05) is 30.3 Å². The lowest BCUT2D eigenvalue weighted by molar-refractivity contribution is 0.0915. The molecule has 0 saturated carbocycles. The Hall–Kier alpha value is -2.09. The minimum atomic E-state index is -1.03. The fourth-order valence-electron chi connectivity index (χ4n) is 2.59. The maximum absolute atomic E-state index is 12.2. The highest BCUT2D eigenvalue weighted by Crippen LogP contribution is 2.06. The number of guanidine groups is 1. The number of amides is 1. The Kier molecular flexibility index (Phi) is 7.72. The number of aliphatic imine (C=N–C) groups is 1. The predicted molar refractivity (Wildman–Crippen MR) is 99.2 cm³/mol. The van der Waals surface area contributed by atoms with Gasteiger partial charge in [-0.15, -0.1) is 0 Å². The molecule has 8 heteroatoms. The molecule has 1 aromatic rings. The second-order valence-electron chi connectivity index (χ2n) is 5.51. The Morgan fingerprint density at radius 2 is 1.84 bits per heavy atom. The van der Waals surface area contributed by atoms with Crippen molar-refractivity contribution in [1.82, 2.24) is 15.1 Å². The number of nitrogens with zero attached hydrogens (tertiary/aromatic N) is 3. The quantitative estimate of drug-likeness (QED) is 0.625. The molecule has 1 saturated heterocycles. The van der Waals surface area contributed by atoms with Gasteiger partial charge in [-0.3, -0.25) is 9.20 Å². The van der Waals surface area contributed by atoms with Crippen molar-refractivity contribution in [3.05, 3.63) is 30.3 Å². The molecular formula is C17H26N4O3S. The van der Waals surface area contributed by atoms with Gasteiger partial charge in [-0.2, -0.15) is 0 Å². The van der Waals surface area contributed by atoms with E-state index >= 15 is 0 Å². The number of hydrogen-bond donors (Lipinski definition) is 1. The van der Waals surface area contributed by atoms with E-state index in [9.17, 15) is 9.00 Å². The van der Waals surface area contributed by atoms with E-state index < -0.39 is 10.8 Å². The molecule has 2 rings (SSSR count). The van der Waals surface area contributed by atoms with Crippen molar-refractivity contribution in [2.45, 2.75) is 11.8 Å². The van der Waals surface area contributed by atoms with Crippen molar-refractivity contribution in [3.8, 4) is 0 Å². The molecule has 0 spiro atoms. The monoisotopic (exact) mass is 366 g/mol. The van der Waals surface area contributed by atoms with Crippen LogP contribution < -0.4 is 5.32 Å². The smallest absolute Gasteiger partial charge is 0.409 e. The molecule has 1 aliphatic heterocycles. The van der Waals surface area contributed by atoms with Gasteiger partial charge in [-0.05, 0) is 19.1 Å². The molecule has 1 aliphatic rings. The van der Waals surface area contributed by atoms with E-state index in [-0.39, 0.29) is 6.09 Å². The highest BCUT2D eigenvalue weighted by Gasteiger charge is 2.23. The summed E-state index contributed by atoms with van der Waals surface area (Å²) >= 11 is 0. The lowest BCUT2D eigenvalue weighted by atomic mass is 10.3. The summed E-state index contributed by atoms with van der Waals surface area (Å²) in [5.41, 5.74) is 0. The van der Waals surface area contributed by atoms with Crippen LogP contribution in [0.3, 0.4) is 0 Å². The SMILES string of the molecule is CCOC(=O)N1CCN(C(=NC)NCCS(=O)c2ccccc2)CC1. The standard InChI is InChI=1S/C17H26N4O3S/c1-3-24-17(22)21-12-10-20(11-13-21)16(18-2)19-9-14-25(23)15-7-5-4-6-8-15/h4-8H,3,9-14H2,1-2H3,(H,18,19). The van der Waals surface area contributed by atoms with Crippen LogP contribution in [0.2, 0.25) is 0 Å². The van der Waals surface area contributed by atoms with Gasteiger partial charge in [-0.25, -0.2) is 4.79 Å². The van der Waals surface area contributed by atoms with Crippen LogP contribution in [0, 0.1) is 0 Å². The zero-order valence-electron chi connectivity index (χ0n) is 14.8. The van der Waals surface area contributed by atoms with E-state index in [1.165, 1.54) is 0 Å². The topological polar surface area (TPSA) is 74.2 Å². The summed E-state index contributed by atoms with van der Waals surface area (Å²) in [5, 5.41) is 3.26. The van der Waals surface area contributed by atoms with Crippen molar-refractivity contribution in [3.63, 3.8) is 0 Å². The van der Waals surface area contributed by atoms with Crippen LogP contribution in [-0.4, -0.2) is 78.2 Å². The Balaban J connectivity index is 1.76. The molecule has 0 bridgehead atoms. The number of hydrogen-bond acceptors (Lipinski definition) is 4. The number of rotatable bonds is 5. The molecule has 25 heavy (non-hydrogen) atoms. The minimum Gasteiger partial charge on any atom is -0.450 e. The summed E-state index contributed by atoms with van der Waals surface area (Å²) < 4.78 is 17.3. The largest absolute Gasteiger partial charge is 0.450 e. The molecule has 1 aromatic carbocycles. The van der Waals surface area contributed by atoms with Crippen molar-refractivity contribution < 1.29 is 13.7 Å². The molecule has 1 atom stereocenters. The Labute approximate surface area is 151 Å². The third-order valence-corrected chi connectivity index (χ3v) is 5.27. The van der Waals surface area contributed by atoms with E-state index in [2.05, 4.69) is 15.2 Å². The van der Waals surface area contributed by atoms with Crippen molar-refractivity contribution in [2.24, 2.45) is 4.99 Å². The van der Waals surface area contributed by atoms with Crippen molar-refractivity contribution >= 4 is 22.9 Å². The Morgan fingerprint density at radius 3 is 2.44 bits per heavy atom. The zero-order chi connectivity index (χ0) is 18.1. The lowest BCUT2D eigenvalue weighted by Gasteiger charge is -2.35. The van der Waals surface area contributed by atoms with Gasteiger partial charge in [0, 0.05) is 50.4 Å². The van der Waals surface area contributed by atoms with Crippen LogP contribution in [0.1, 0.15) is 6.92 Å². The number of ether oxygens (including phenoxy) is 1. The second-order valence-corrected chi connectivity index (χ2v) is 7.08. The van der Waals surface area contributed by atoms with Crippen LogP contribution in [0.15, 0.2) is 40.2 Å². The first-order valence-corrected chi connectivity index (χ1v) is 9.78. The van der Waals surface area contributed by atoms with Crippen LogP contribution in [0.5, 0.6) is 0 Å². The number of piperazine rings is 1. The van der Waals surface area contributed by atoms with Gasteiger partial charge < -0.3 is 19.9 Å². The average molecular weight is 366 g/mol. The highest BCUT2D eigenvalue weighted by molar-refractivity contribution is 7.85. The van der Waals surface area contributed by atoms with Crippen LogP contribution >= 0.6 is 0 Å². The van der Waals surface area contributed by atoms with Crippen LogP contribution in [0.25, 0.3) is 0 Å². The molecule has 1 amide bonds. The van der Waals surface area contributed by atoms with E-state index in [0.717, 1.165) is 10.9 Å². The summed E-state index contributed by atoms with van der Waals surface area (Å²) in [6.45, 7) is 5.37. The molecular weight excluding hydrogens is 340 g/mol. The normalized spacial score (nSPS) is 16.5. The average Bonchev–Trinajstić information content (AvgIpc) is 2.66. The van der Waals surface area contributed by atoms with Gasteiger partial charge >= 0.3 is 6.09 Å². The molecule has 1 unspecified atom stereocenters. The van der Waals surface area contributed by atoms with Crippen LogP contribution in [-0.2, 0) is 15.5 Å². The Morgan fingerprint density at radius 1 is 1.20 bits per heavy atom. The van der Waals surface area contributed by atoms with Crippen LogP contribution in [0.4, 0.5) is 4.79 Å². The van der Waals surface area contributed by atoms with E-state index in [4.69, 9.17) is 4.74 Å². The van der Waals surface area contributed by atoms with Gasteiger partial charge in [0.2, 0.25) is 0 Å². The molecule has 1 heterocycles. The first kappa shape index (κ1) is 19.2. The second kappa shape index (κ2) is 10.0. The van der Waals surface area contributed by atoms with E-state index in [0.29, 0.717) is 45.1 Å². The first-order valence-electron chi connectivity index (χ1n) is 8.46. The zero-order valence-corrected chi connectivity index (χ0v) is 15.6. The maximum atomic E-state index is 12.2. The molecule has 7 nitrogen and oxygen atoms in total. The lowest BCUT2D eigenvalue weighted by Crippen LogP contribution is -2.54. The summed E-state index contributed by atoms with van der Waals surface area (Å²) in [6.07, 6.45) is -0.261. The fraction of sp³-hybridized carbons (Fsp3) is 0.529. The summed E-state index contributed by atoms with van der Waals surface area (Å²) in [6, 6.07) is 9.45. The molecule has 138 valence electrons. The molecule has 1 fully saturated rings. The maximum Gasteiger partial charge on any atom is 0.409 e. The minimum absolute atomic E-state index is 0.261. The van der Waals surface area contributed by atoms with E-state index in [1.54, 1.807) is 18.9 Å². The summed E-state index contributed by atoms with van der Waals surface area (Å²) in [5.74, 6) is 1.29. The van der Waals surface area contributed by atoms with Gasteiger partial charge in [0.05, 0.1) is 17.4 Å². The van der Waals surface area contributed by atoms with Crippen molar-refractivity contribution in [1.29, 1.82) is 0 Å². The van der Waals surface area contributed by atoms with Gasteiger partial charge in [-0.1, -0.05) is 18.2 Å². The van der Waals surface area contributed by atoms with Gasteiger partial charge in [0.1, 0.15) is 0 Å². The first-order chi connectivity index (χ1) is 12.2. The van der Waals surface area contributed by atoms with Gasteiger partial charge in [0.25, 0.3) is 0 Å². The number of carbonyl (C=O) groups excluding carboxylic acids is 1. The van der Waals surface area contributed by atoms with Crippen molar-refractivity contribution in [2.75, 3.05) is 52.1 Å². The number of carbonyl (C=O) groups is 1. The number of nitrogens with one attached hydrogen (secondary N) is 1. The molecule has 0 aromatic heterocycles. The highest BCUT2D eigenvalue weighted by atomic mass is 32.2. The molecule has 1 N–H and O–H groups in total. The fourth-order valence-corrected chi connectivity index (χ4v) is 3.58. The predicted octanol–water partition coefficient (Wildman–Crippen LogP) is 1.14. The summed E-state index contributed by atoms with van der Waals surface area (Å²) in [4.78, 5) is 20.7. The third kappa shape index (κ3) is 5.74. The number of benzene rings is 1. The molecule has 0 aliphatic carbocycles. The molecule has 0 radical (unpaired) electrons. The summed E-state index contributed by atoms with van der Waals surface area (Å²) in [7, 11) is 0.704.